The highest BCUT2D eigenvalue weighted by atomic mass is 16.4. The molecule has 4 nitrogen and oxygen atoms in total. The standard InChI is InChI=1S/C11H20O2.C8H14O2/c1-4-6-7-10(5-2)8-9(3)11(12)13;1-3-4-5-6-7(2)8(9)10/h10H,3-8H2,1-2H3,(H,12,13);6H,3-5H2,1-2H3,(H,9,10). The Labute approximate surface area is 141 Å². The van der Waals surface area contributed by atoms with Gasteiger partial charge < -0.3 is 10.2 Å². The summed E-state index contributed by atoms with van der Waals surface area (Å²) in [7, 11) is 0. The number of hydrogen-bond acceptors (Lipinski definition) is 2. The van der Waals surface area contributed by atoms with Gasteiger partial charge in [-0.25, -0.2) is 9.59 Å². The maximum atomic E-state index is 10.5. The quantitative estimate of drug-likeness (QED) is 0.391. The molecule has 0 saturated heterocycles. The molecule has 23 heavy (non-hydrogen) atoms. The van der Waals surface area contributed by atoms with E-state index >= 15 is 0 Å². The Morgan fingerprint density at radius 2 is 1.61 bits per heavy atom. The minimum Gasteiger partial charge on any atom is -0.478 e. The van der Waals surface area contributed by atoms with Gasteiger partial charge in [0.05, 0.1) is 0 Å². The molecule has 0 fully saturated rings. The molecule has 0 aliphatic rings. The molecule has 4 heteroatoms. The van der Waals surface area contributed by atoms with Crippen LogP contribution in [0.25, 0.3) is 0 Å². The van der Waals surface area contributed by atoms with E-state index in [1.54, 1.807) is 13.0 Å². The molecule has 0 amide bonds. The van der Waals surface area contributed by atoms with E-state index < -0.39 is 11.9 Å². The lowest BCUT2D eigenvalue weighted by Crippen LogP contribution is -2.06. The number of unbranched alkanes of at least 4 members (excludes halogenated alkanes) is 3. The number of rotatable bonds is 11. The SMILES string of the molecule is C=C(CC(CC)CCCC)C(=O)O.CCCCC=C(C)C(=O)O. The Morgan fingerprint density at radius 1 is 1.04 bits per heavy atom. The van der Waals surface area contributed by atoms with Gasteiger partial charge in [-0.2, -0.15) is 0 Å². The molecule has 0 aromatic rings. The van der Waals surface area contributed by atoms with E-state index in [-0.39, 0.29) is 0 Å². The van der Waals surface area contributed by atoms with Crippen molar-refractivity contribution in [1.82, 2.24) is 0 Å². The van der Waals surface area contributed by atoms with E-state index in [4.69, 9.17) is 10.2 Å². The summed E-state index contributed by atoms with van der Waals surface area (Å²) in [5, 5.41) is 17.1. The highest BCUT2D eigenvalue weighted by Crippen LogP contribution is 2.20. The fraction of sp³-hybridized carbons (Fsp3) is 0.684. The Bertz CT molecular complexity index is 383. The third kappa shape index (κ3) is 15.1. The van der Waals surface area contributed by atoms with E-state index in [2.05, 4.69) is 27.4 Å². The number of carboxylic acids is 2. The Kier molecular flexibility index (Phi) is 15.8. The van der Waals surface area contributed by atoms with Crippen LogP contribution in [0.1, 0.15) is 79.1 Å². The van der Waals surface area contributed by atoms with Crippen LogP contribution >= 0.6 is 0 Å². The number of aliphatic carboxylic acids is 2. The van der Waals surface area contributed by atoms with Crippen molar-refractivity contribution in [2.45, 2.75) is 79.1 Å². The molecule has 0 radical (unpaired) electrons. The third-order valence-corrected chi connectivity index (χ3v) is 3.73. The first-order valence-corrected chi connectivity index (χ1v) is 8.61. The van der Waals surface area contributed by atoms with E-state index in [0.717, 1.165) is 32.1 Å². The second-order valence-corrected chi connectivity index (χ2v) is 5.86. The molecular weight excluding hydrogens is 292 g/mol. The van der Waals surface area contributed by atoms with Crippen LogP contribution in [0.3, 0.4) is 0 Å². The highest BCUT2D eigenvalue weighted by molar-refractivity contribution is 5.86. The molecule has 1 unspecified atom stereocenters. The first-order chi connectivity index (χ1) is 10.8. The van der Waals surface area contributed by atoms with Crippen molar-refractivity contribution >= 4 is 11.9 Å². The molecule has 134 valence electrons. The normalized spacial score (nSPS) is 12.1. The van der Waals surface area contributed by atoms with E-state index in [1.165, 1.54) is 12.8 Å². The van der Waals surface area contributed by atoms with Gasteiger partial charge in [0, 0.05) is 11.1 Å². The highest BCUT2D eigenvalue weighted by Gasteiger charge is 2.11. The monoisotopic (exact) mass is 326 g/mol. The second kappa shape index (κ2) is 15.3. The zero-order valence-electron chi connectivity index (χ0n) is 15.2. The molecule has 0 saturated carbocycles. The van der Waals surface area contributed by atoms with E-state index in [1.807, 2.05) is 0 Å². The zero-order chi connectivity index (χ0) is 18.3. The average Bonchev–Trinajstić information content (AvgIpc) is 2.51. The van der Waals surface area contributed by atoms with Gasteiger partial charge in [0.25, 0.3) is 0 Å². The smallest absolute Gasteiger partial charge is 0.330 e. The lowest BCUT2D eigenvalue weighted by molar-refractivity contribution is -0.133. The average molecular weight is 326 g/mol. The van der Waals surface area contributed by atoms with Crippen LogP contribution in [0.2, 0.25) is 0 Å². The molecule has 1 atom stereocenters. The lowest BCUT2D eigenvalue weighted by atomic mass is 9.92. The number of carboxylic acid groups (broad SMARTS) is 2. The zero-order valence-corrected chi connectivity index (χ0v) is 15.2. The molecule has 2 N–H and O–H groups in total. The molecule has 0 aromatic heterocycles. The summed E-state index contributed by atoms with van der Waals surface area (Å²) in [6.45, 7) is 11.5. The predicted molar refractivity (Wildman–Crippen MR) is 95.6 cm³/mol. The summed E-state index contributed by atoms with van der Waals surface area (Å²) in [6, 6.07) is 0. The van der Waals surface area contributed by atoms with Gasteiger partial charge in [-0.15, -0.1) is 0 Å². The number of allylic oxidation sites excluding steroid dienone is 1. The van der Waals surface area contributed by atoms with Gasteiger partial charge in [-0.05, 0) is 25.7 Å². The minimum atomic E-state index is -0.852. The van der Waals surface area contributed by atoms with Gasteiger partial charge in [0.1, 0.15) is 0 Å². The summed E-state index contributed by atoms with van der Waals surface area (Å²) in [4.78, 5) is 20.8. The van der Waals surface area contributed by atoms with Crippen molar-refractivity contribution in [3.63, 3.8) is 0 Å². The van der Waals surface area contributed by atoms with Crippen LogP contribution < -0.4 is 0 Å². The maximum Gasteiger partial charge on any atom is 0.330 e. The maximum absolute atomic E-state index is 10.5. The molecule has 0 spiro atoms. The molecule has 0 aromatic carbocycles. The summed E-state index contributed by atoms with van der Waals surface area (Å²) in [5.41, 5.74) is 0.802. The van der Waals surface area contributed by atoms with E-state index in [9.17, 15) is 9.59 Å². The largest absolute Gasteiger partial charge is 0.478 e. The molecule has 0 bridgehead atoms. The fourth-order valence-electron chi connectivity index (χ4n) is 1.99. The minimum absolute atomic E-state index is 0.350. The van der Waals surface area contributed by atoms with Gasteiger partial charge in [-0.3, -0.25) is 0 Å². The number of hydrogen-bond donors (Lipinski definition) is 2. The summed E-state index contributed by atoms with van der Waals surface area (Å²) >= 11 is 0. The molecular formula is C19H34O4. The van der Waals surface area contributed by atoms with Crippen LogP contribution in [-0.2, 0) is 9.59 Å². The second-order valence-electron chi connectivity index (χ2n) is 5.86. The fourth-order valence-corrected chi connectivity index (χ4v) is 1.99. The first-order valence-electron chi connectivity index (χ1n) is 8.61. The van der Waals surface area contributed by atoms with Crippen LogP contribution in [0.5, 0.6) is 0 Å². The summed E-state index contributed by atoms with van der Waals surface area (Å²) in [5.74, 6) is -1.16. The number of carbonyl (C=O) groups is 2. The Morgan fingerprint density at radius 3 is 2.00 bits per heavy atom. The predicted octanol–water partition coefficient (Wildman–Crippen LogP) is 5.44. The van der Waals surface area contributed by atoms with Gasteiger partial charge in [-0.1, -0.05) is 72.0 Å². The summed E-state index contributed by atoms with van der Waals surface area (Å²) < 4.78 is 0. The molecule has 0 heterocycles. The lowest BCUT2D eigenvalue weighted by Gasteiger charge is -2.13. The molecule has 0 aliphatic carbocycles. The third-order valence-electron chi connectivity index (χ3n) is 3.73. The Hall–Kier alpha value is -1.58. The van der Waals surface area contributed by atoms with Crippen LogP contribution in [0.15, 0.2) is 23.8 Å². The van der Waals surface area contributed by atoms with Crippen molar-refractivity contribution < 1.29 is 19.8 Å². The Balaban J connectivity index is 0. The van der Waals surface area contributed by atoms with Crippen molar-refractivity contribution in [2.24, 2.45) is 5.92 Å². The van der Waals surface area contributed by atoms with Gasteiger partial charge in [0.15, 0.2) is 0 Å². The van der Waals surface area contributed by atoms with Gasteiger partial charge in [0.2, 0.25) is 0 Å². The first kappa shape index (κ1) is 23.7. The molecule has 0 aliphatic heterocycles. The topological polar surface area (TPSA) is 74.6 Å². The molecule has 0 rings (SSSR count). The van der Waals surface area contributed by atoms with Crippen LogP contribution in [0.4, 0.5) is 0 Å². The van der Waals surface area contributed by atoms with E-state index in [0.29, 0.717) is 23.5 Å². The van der Waals surface area contributed by atoms with Crippen LogP contribution in [0, 0.1) is 5.92 Å². The van der Waals surface area contributed by atoms with Crippen molar-refractivity contribution in [3.8, 4) is 0 Å². The van der Waals surface area contributed by atoms with Crippen molar-refractivity contribution in [2.75, 3.05) is 0 Å². The summed E-state index contributed by atoms with van der Waals surface area (Å²) in [6.07, 6.45) is 10.0. The van der Waals surface area contributed by atoms with Gasteiger partial charge >= 0.3 is 11.9 Å². The van der Waals surface area contributed by atoms with Crippen molar-refractivity contribution in [1.29, 1.82) is 0 Å². The van der Waals surface area contributed by atoms with Crippen LogP contribution in [-0.4, -0.2) is 22.2 Å². The van der Waals surface area contributed by atoms with Crippen molar-refractivity contribution in [3.05, 3.63) is 23.8 Å².